The van der Waals surface area contributed by atoms with E-state index in [9.17, 15) is 4.79 Å². The number of carbonyl (C=O) groups is 1. The first-order valence-corrected chi connectivity index (χ1v) is 4.12. The molecule has 0 amide bonds. The van der Waals surface area contributed by atoms with Gasteiger partial charge in [0.05, 0.1) is 0 Å². The molecule has 0 bridgehead atoms. The Bertz CT molecular complexity index is 317. The Labute approximate surface area is 80.9 Å². The van der Waals surface area contributed by atoms with E-state index in [1.165, 1.54) is 19.3 Å². The number of rotatable bonds is 2. The Morgan fingerprint density at radius 1 is 1.54 bits per heavy atom. The second kappa shape index (κ2) is 4.18. The Balaban J connectivity index is 2.82. The second-order valence-electron chi connectivity index (χ2n) is 2.48. The SMILES string of the molecule is CC(=O)OC(C)c1nccnc1Cl. The molecule has 5 heteroatoms. The normalized spacial score (nSPS) is 12.2. The van der Waals surface area contributed by atoms with Crippen molar-refractivity contribution in [2.24, 2.45) is 0 Å². The topological polar surface area (TPSA) is 52.1 Å². The number of aromatic nitrogens is 2. The first-order valence-electron chi connectivity index (χ1n) is 3.75. The van der Waals surface area contributed by atoms with Crippen LogP contribution in [0.3, 0.4) is 0 Å². The van der Waals surface area contributed by atoms with Gasteiger partial charge in [-0.3, -0.25) is 9.78 Å². The first kappa shape index (κ1) is 9.92. The largest absolute Gasteiger partial charge is 0.456 e. The van der Waals surface area contributed by atoms with E-state index in [1.54, 1.807) is 6.92 Å². The molecule has 4 nitrogen and oxygen atoms in total. The smallest absolute Gasteiger partial charge is 0.303 e. The van der Waals surface area contributed by atoms with Gasteiger partial charge in [0.15, 0.2) is 5.15 Å². The zero-order chi connectivity index (χ0) is 9.84. The summed E-state index contributed by atoms with van der Waals surface area (Å²) in [4.78, 5) is 18.4. The van der Waals surface area contributed by atoms with E-state index in [4.69, 9.17) is 16.3 Å². The summed E-state index contributed by atoms with van der Waals surface area (Å²) in [5.74, 6) is -0.366. The highest BCUT2D eigenvalue weighted by atomic mass is 35.5. The van der Waals surface area contributed by atoms with Crippen LogP contribution in [0, 0.1) is 0 Å². The van der Waals surface area contributed by atoms with E-state index >= 15 is 0 Å². The molecule has 0 fully saturated rings. The summed E-state index contributed by atoms with van der Waals surface area (Å²) in [6, 6.07) is 0. The molecule has 1 heterocycles. The Hall–Kier alpha value is -1.16. The molecule has 0 spiro atoms. The number of esters is 1. The van der Waals surface area contributed by atoms with Crippen LogP contribution < -0.4 is 0 Å². The maximum atomic E-state index is 10.6. The molecule has 1 aromatic rings. The highest BCUT2D eigenvalue weighted by Gasteiger charge is 2.13. The van der Waals surface area contributed by atoms with Gasteiger partial charge in [-0.25, -0.2) is 4.98 Å². The molecule has 0 aliphatic carbocycles. The molecule has 70 valence electrons. The lowest BCUT2D eigenvalue weighted by Crippen LogP contribution is -2.07. The van der Waals surface area contributed by atoms with Crippen molar-refractivity contribution in [2.75, 3.05) is 0 Å². The molecule has 13 heavy (non-hydrogen) atoms. The number of hydrogen-bond acceptors (Lipinski definition) is 4. The third-order valence-electron chi connectivity index (χ3n) is 1.41. The molecule has 0 N–H and O–H groups in total. The average Bonchev–Trinajstić information content (AvgIpc) is 2.03. The highest BCUT2D eigenvalue weighted by molar-refractivity contribution is 6.30. The molecule has 1 aromatic heterocycles. The van der Waals surface area contributed by atoms with Crippen molar-refractivity contribution in [3.8, 4) is 0 Å². The van der Waals surface area contributed by atoms with Gasteiger partial charge in [0.2, 0.25) is 0 Å². The molecule has 0 aromatic carbocycles. The lowest BCUT2D eigenvalue weighted by molar-refractivity contribution is -0.145. The summed E-state index contributed by atoms with van der Waals surface area (Å²) in [7, 11) is 0. The fraction of sp³-hybridized carbons (Fsp3) is 0.375. The lowest BCUT2D eigenvalue weighted by atomic mass is 10.3. The molecular formula is C8H9ClN2O2. The second-order valence-corrected chi connectivity index (χ2v) is 2.84. The van der Waals surface area contributed by atoms with Gasteiger partial charge in [0, 0.05) is 19.3 Å². The average molecular weight is 201 g/mol. The minimum atomic E-state index is -0.460. The van der Waals surface area contributed by atoms with Gasteiger partial charge < -0.3 is 4.74 Å². The van der Waals surface area contributed by atoms with E-state index in [-0.39, 0.29) is 11.1 Å². The molecule has 0 saturated carbocycles. The van der Waals surface area contributed by atoms with Crippen LogP contribution >= 0.6 is 11.6 Å². The Morgan fingerprint density at radius 2 is 2.15 bits per heavy atom. The van der Waals surface area contributed by atoms with Gasteiger partial charge in [0.25, 0.3) is 0 Å². The van der Waals surface area contributed by atoms with Crippen LogP contribution in [-0.2, 0) is 9.53 Å². The molecule has 0 saturated heterocycles. The van der Waals surface area contributed by atoms with Gasteiger partial charge in [-0.15, -0.1) is 0 Å². The number of hydrogen-bond donors (Lipinski definition) is 0. The standard InChI is InChI=1S/C8H9ClN2O2/c1-5(13-6(2)12)7-8(9)11-4-3-10-7/h3-5H,1-2H3. The summed E-state index contributed by atoms with van der Waals surface area (Å²) in [6.45, 7) is 3.03. The highest BCUT2D eigenvalue weighted by Crippen LogP contribution is 2.20. The molecule has 0 aliphatic rings. The number of ether oxygens (including phenoxy) is 1. The van der Waals surface area contributed by atoms with E-state index in [1.807, 2.05) is 0 Å². The van der Waals surface area contributed by atoms with Crippen LogP contribution in [0.2, 0.25) is 5.15 Å². The maximum absolute atomic E-state index is 10.6. The lowest BCUT2D eigenvalue weighted by Gasteiger charge is -2.11. The van der Waals surface area contributed by atoms with Crippen molar-refractivity contribution in [1.82, 2.24) is 9.97 Å². The van der Waals surface area contributed by atoms with Crippen LogP contribution in [-0.4, -0.2) is 15.9 Å². The number of carbonyl (C=O) groups excluding carboxylic acids is 1. The third kappa shape index (κ3) is 2.66. The summed E-state index contributed by atoms with van der Waals surface area (Å²) >= 11 is 5.74. The van der Waals surface area contributed by atoms with Crippen molar-refractivity contribution in [2.45, 2.75) is 20.0 Å². The zero-order valence-corrected chi connectivity index (χ0v) is 8.08. The van der Waals surface area contributed by atoms with Crippen LogP contribution in [0.1, 0.15) is 25.6 Å². The van der Waals surface area contributed by atoms with Gasteiger partial charge in [-0.1, -0.05) is 11.6 Å². The van der Waals surface area contributed by atoms with Crippen LogP contribution in [0.4, 0.5) is 0 Å². The Morgan fingerprint density at radius 3 is 2.69 bits per heavy atom. The summed E-state index contributed by atoms with van der Waals surface area (Å²) in [5, 5.41) is 0.260. The van der Waals surface area contributed by atoms with Gasteiger partial charge in [-0.05, 0) is 6.92 Å². The van der Waals surface area contributed by atoms with Gasteiger partial charge in [0.1, 0.15) is 11.8 Å². The van der Waals surface area contributed by atoms with Crippen LogP contribution in [0.5, 0.6) is 0 Å². The monoisotopic (exact) mass is 200 g/mol. The van der Waals surface area contributed by atoms with Gasteiger partial charge in [-0.2, -0.15) is 0 Å². The van der Waals surface area contributed by atoms with Crippen LogP contribution in [0.15, 0.2) is 12.4 Å². The van der Waals surface area contributed by atoms with E-state index < -0.39 is 6.10 Å². The van der Waals surface area contributed by atoms with E-state index in [2.05, 4.69) is 9.97 Å². The van der Waals surface area contributed by atoms with Crippen molar-refractivity contribution >= 4 is 17.6 Å². The Kier molecular flexibility index (Phi) is 3.19. The number of nitrogens with zero attached hydrogens (tertiary/aromatic N) is 2. The fourth-order valence-electron chi connectivity index (χ4n) is 0.909. The molecule has 1 rings (SSSR count). The first-order chi connectivity index (χ1) is 6.11. The predicted molar refractivity (Wildman–Crippen MR) is 47.2 cm³/mol. The van der Waals surface area contributed by atoms with E-state index in [0.717, 1.165) is 0 Å². The third-order valence-corrected chi connectivity index (χ3v) is 1.70. The molecule has 1 atom stereocenters. The summed E-state index contributed by atoms with van der Waals surface area (Å²) in [6.07, 6.45) is 2.52. The minimum Gasteiger partial charge on any atom is -0.456 e. The quantitative estimate of drug-likeness (QED) is 0.683. The van der Waals surface area contributed by atoms with Gasteiger partial charge >= 0.3 is 5.97 Å². The van der Waals surface area contributed by atoms with E-state index in [0.29, 0.717) is 5.69 Å². The van der Waals surface area contributed by atoms with Crippen molar-refractivity contribution in [1.29, 1.82) is 0 Å². The molecular weight excluding hydrogens is 192 g/mol. The van der Waals surface area contributed by atoms with Crippen LogP contribution in [0.25, 0.3) is 0 Å². The molecule has 0 aliphatic heterocycles. The fourth-order valence-corrected chi connectivity index (χ4v) is 1.17. The van der Waals surface area contributed by atoms with Crippen molar-refractivity contribution in [3.63, 3.8) is 0 Å². The maximum Gasteiger partial charge on any atom is 0.303 e. The predicted octanol–water partition coefficient (Wildman–Crippen LogP) is 1.75. The number of halogens is 1. The minimum absolute atomic E-state index is 0.260. The molecule has 0 radical (unpaired) electrons. The zero-order valence-electron chi connectivity index (χ0n) is 7.32. The summed E-state index contributed by atoms with van der Waals surface area (Å²) in [5.41, 5.74) is 0.472. The van der Waals surface area contributed by atoms with Crippen molar-refractivity contribution in [3.05, 3.63) is 23.2 Å². The molecule has 1 unspecified atom stereocenters. The summed E-state index contributed by atoms with van der Waals surface area (Å²) < 4.78 is 4.89. The van der Waals surface area contributed by atoms with Crippen molar-refractivity contribution < 1.29 is 9.53 Å².